The van der Waals surface area contributed by atoms with Crippen molar-refractivity contribution in [2.45, 2.75) is 45.4 Å². The predicted octanol–water partition coefficient (Wildman–Crippen LogP) is 2.62. The molecule has 0 radical (unpaired) electrons. The van der Waals surface area contributed by atoms with E-state index in [9.17, 15) is 0 Å². The van der Waals surface area contributed by atoms with Crippen LogP contribution in [0, 0.1) is 0 Å². The van der Waals surface area contributed by atoms with E-state index in [4.69, 9.17) is 4.74 Å². The Bertz CT molecular complexity index is 419. The second-order valence-electron chi connectivity index (χ2n) is 5.91. The lowest BCUT2D eigenvalue weighted by atomic mass is 10.1. The third-order valence-corrected chi connectivity index (χ3v) is 4.09. The smallest absolute Gasteiger partial charge is 0.0596 e. The van der Waals surface area contributed by atoms with Gasteiger partial charge in [-0.05, 0) is 45.0 Å². The zero-order valence-electron chi connectivity index (χ0n) is 13.2. The van der Waals surface area contributed by atoms with E-state index >= 15 is 0 Å². The highest BCUT2D eigenvalue weighted by Crippen LogP contribution is 2.33. The van der Waals surface area contributed by atoms with E-state index in [1.165, 1.54) is 11.1 Å². The highest BCUT2D eigenvalue weighted by atomic mass is 16.5. The molecule has 3 heteroatoms. The van der Waals surface area contributed by atoms with Gasteiger partial charge in [0.1, 0.15) is 0 Å². The Kier molecular flexibility index (Phi) is 5.58. The van der Waals surface area contributed by atoms with Gasteiger partial charge in [0.2, 0.25) is 0 Å². The number of ether oxygens (including phenoxy) is 1. The maximum Gasteiger partial charge on any atom is 0.0596 e. The quantitative estimate of drug-likeness (QED) is 0.828. The van der Waals surface area contributed by atoms with Crippen molar-refractivity contribution in [2.24, 2.45) is 0 Å². The number of fused-ring (bicyclic) bond motifs is 1. The van der Waals surface area contributed by atoms with Crippen LogP contribution < -0.4 is 5.32 Å². The molecule has 20 heavy (non-hydrogen) atoms. The molecule has 0 aliphatic heterocycles. The fraction of sp³-hybridized carbons (Fsp3) is 0.647. The van der Waals surface area contributed by atoms with Crippen molar-refractivity contribution in [1.82, 2.24) is 10.2 Å². The van der Waals surface area contributed by atoms with E-state index in [1.54, 1.807) is 0 Å². The van der Waals surface area contributed by atoms with Gasteiger partial charge < -0.3 is 10.1 Å². The number of nitrogens with one attached hydrogen (secondary N) is 1. The van der Waals surface area contributed by atoms with E-state index < -0.39 is 0 Å². The second kappa shape index (κ2) is 7.21. The molecule has 2 unspecified atom stereocenters. The van der Waals surface area contributed by atoms with Gasteiger partial charge in [-0.15, -0.1) is 0 Å². The van der Waals surface area contributed by atoms with E-state index in [1.807, 2.05) is 0 Å². The lowest BCUT2D eigenvalue weighted by Crippen LogP contribution is -2.42. The highest BCUT2D eigenvalue weighted by Gasteiger charge is 2.33. The van der Waals surface area contributed by atoms with Crippen molar-refractivity contribution in [2.75, 3.05) is 26.7 Å². The molecule has 0 heterocycles. The SMILES string of the molecule is CCNC1c2ccccc2CC1N(C)CCOC(C)C. The van der Waals surface area contributed by atoms with Crippen molar-refractivity contribution in [3.8, 4) is 0 Å². The van der Waals surface area contributed by atoms with Crippen LogP contribution in [0.2, 0.25) is 0 Å². The molecule has 0 saturated heterocycles. The summed E-state index contributed by atoms with van der Waals surface area (Å²) in [5.74, 6) is 0. The third kappa shape index (κ3) is 3.60. The molecule has 1 aliphatic rings. The van der Waals surface area contributed by atoms with Crippen LogP contribution in [0.1, 0.15) is 37.9 Å². The van der Waals surface area contributed by atoms with Crippen molar-refractivity contribution < 1.29 is 4.74 Å². The Balaban J connectivity index is 2.00. The summed E-state index contributed by atoms with van der Waals surface area (Å²) < 4.78 is 5.68. The molecule has 0 spiro atoms. The zero-order valence-corrected chi connectivity index (χ0v) is 13.2. The zero-order chi connectivity index (χ0) is 14.5. The Morgan fingerprint density at radius 1 is 1.35 bits per heavy atom. The Hall–Kier alpha value is -0.900. The van der Waals surface area contributed by atoms with Crippen LogP contribution in [0.25, 0.3) is 0 Å². The minimum absolute atomic E-state index is 0.314. The number of hydrogen-bond acceptors (Lipinski definition) is 3. The first-order valence-electron chi connectivity index (χ1n) is 7.76. The van der Waals surface area contributed by atoms with Gasteiger partial charge >= 0.3 is 0 Å². The predicted molar refractivity (Wildman–Crippen MR) is 84.1 cm³/mol. The highest BCUT2D eigenvalue weighted by molar-refractivity contribution is 5.37. The number of hydrogen-bond donors (Lipinski definition) is 1. The lowest BCUT2D eigenvalue weighted by molar-refractivity contribution is 0.0528. The van der Waals surface area contributed by atoms with Gasteiger partial charge in [0, 0.05) is 18.6 Å². The summed E-state index contributed by atoms with van der Waals surface area (Å²) in [5.41, 5.74) is 2.95. The van der Waals surface area contributed by atoms with Gasteiger partial charge in [0.25, 0.3) is 0 Å². The second-order valence-corrected chi connectivity index (χ2v) is 5.91. The topological polar surface area (TPSA) is 24.5 Å². The van der Waals surface area contributed by atoms with Crippen LogP contribution in [-0.4, -0.2) is 43.8 Å². The summed E-state index contributed by atoms with van der Waals surface area (Å²) in [6, 6.07) is 9.79. The number of likely N-dealkylation sites (N-methyl/N-ethyl adjacent to an activating group) is 2. The van der Waals surface area contributed by atoms with Gasteiger partial charge in [-0.25, -0.2) is 0 Å². The first kappa shape index (κ1) is 15.5. The fourth-order valence-electron chi connectivity index (χ4n) is 3.05. The molecule has 1 aromatic carbocycles. The Labute approximate surface area is 123 Å². The molecule has 2 rings (SSSR count). The van der Waals surface area contributed by atoms with Gasteiger partial charge in [-0.3, -0.25) is 4.90 Å². The number of rotatable bonds is 7. The van der Waals surface area contributed by atoms with Gasteiger partial charge in [0.15, 0.2) is 0 Å². The molecule has 0 amide bonds. The van der Waals surface area contributed by atoms with Crippen LogP contribution in [-0.2, 0) is 11.2 Å². The van der Waals surface area contributed by atoms with E-state index in [0.29, 0.717) is 18.2 Å². The number of nitrogens with zero attached hydrogens (tertiary/aromatic N) is 1. The monoisotopic (exact) mass is 276 g/mol. The van der Waals surface area contributed by atoms with Crippen LogP contribution in [0.4, 0.5) is 0 Å². The summed E-state index contributed by atoms with van der Waals surface area (Å²) >= 11 is 0. The average molecular weight is 276 g/mol. The van der Waals surface area contributed by atoms with E-state index in [0.717, 1.165) is 26.1 Å². The summed E-state index contributed by atoms with van der Waals surface area (Å²) in [7, 11) is 2.21. The van der Waals surface area contributed by atoms with Gasteiger partial charge in [-0.2, -0.15) is 0 Å². The minimum Gasteiger partial charge on any atom is -0.377 e. The molecule has 1 N–H and O–H groups in total. The minimum atomic E-state index is 0.314. The first-order valence-corrected chi connectivity index (χ1v) is 7.76. The first-order chi connectivity index (χ1) is 9.63. The molecule has 1 aliphatic carbocycles. The average Bonchev–Trinajstić information content (AvgIpc) is 2.78. The van der Waals surface area contributed by atoms with Crippen molar-refractivity contribution >= 4 is 0 Å². The van der Waals surface area contributed by atoms with Crippen LogP contribution in [0.5, 0.6) is 0 Å². The standard InChI is InChI=1S/C17H28N2O/c1-5-18-17-15-9-7-6-8-14(15)12-16(17)19(4)10-11-20-13(2)3/h6-9,13,16-18H,5,10-12H2,1-4H3. The molecule has 0 fully saturated rings. The summed E-state index contributed by atoms with van der Waals surface area (Å²) in [4.78, 5) is 2.44. The Morgan fingerprint density at radius 2 is 2.10 bits per heavy atom. The number of benzene rings is 1. The van der Waals surface area contributed by atoms with E-state index in [2.05, 4.69) is 62.3 Å². The van der Waals surface area contributed by atoms with E-state index in [-0.39, 0.29) is 0 Å². The third-order valence-electron chi connectivity index (χ3n) is 4.09. The maximum atomic E-state index is 5.68. The largest absolute Gasteiger partial charge is 0.377 e. The molecule has 112 valence electrons. The van der Waals surface area contributed by atoms with Crippen LogP contribution in [0.15, 0.2) is 24.3 Å². The normalized spacial score (nSPS) is 21.7. The van der Waals surface area contributed by atoms with Crippen molar-refractivity contribution in [1.29, 1.82) is 0 Å². The van der Waals surface area contributed by atoms with Crippen LogP contribution >= 0.6 is 0 Å². The molecular weight excluding hydrogens is 248 g/mol. The summed E-state index contributed by atoms with van der Waals surface area (Å²) in [5, 5.41) is 3.65. The lowest BCUT2D eigenvalue weighted by Gasteiger charge is -2.30. The molecular formula is C17H28N2O. The summed E-state index contributed by atoms with van der Waals surface area (Å²) in [6.07, 6.45) is 1.44. The molecule has 0 saturated carbocycles. The fourth-order valence-corrected chi connectivity index (χ4v) is 3.05. The molecule has 3 nitrogen and oxygen atoms in total. The molecule has 2 atom stereocenters. The van der Waals surface area contributed by atoms with Crippen molar-refractivity contribution in [3.05, 3.63) is 35.4 Å². The van der Waals surface area contributed by atoms with Crippen molar-refractivity contribution in [3.63, 3.8) is 0 Å². The Morgan fingerprint density at radius 3 is 2.80 bits per heavy atom. The molecule has 1 aromatic rings. The van der Waals surface area contributed by atoms with Gasteiger partial charge in [-0.1, -0.05) is 31.2 Å². The van der Waals surface area contributed by atoms with Crippen LogP contribution in [0.3, 0.4) is 0 Å². The maximum absolute atomic E-state index is 5.68. The summed E-state index contributed by atoms with van der Waals surface area (Å²) in [6.45, 7) is 9.16. The molecule has 0 bridgehead atoms. The van der Waals surface area contributed by atoms with Gasteiger partial charge in [0.05, 0.1) is 12.7 Å². The molecule has 0 aromatic heterocycles.